The second kappa shape index (κ2) is 11.2. The monoisotopic (exact) mass is 553 g/mol. The third-order valence-electron chi connectivity index (χ3n) is 6.11. The van der Waals surface area contributed by atoms with Crippen LogP contribution in [0.5, 0.6) is 0 Å². The zero-order valence-corrected chi connectivity index (χ0v) is 22.8. The summed E-state index contributed by atoms with van der Waals surface area (Å²) in [7, 11) is 0. The van der Waals surface area contributed by atoms with Gasteiger partial charge in [0, 0.05) is 16.3 Å². The highest BCUT2D eigenvalue weighted by atomic mass is 35.5. The first-order valence-electron chi connectivity index (χ1n) is 12.2. The van der Waals surface area contributed by atoms with E-state index in [2.05, 4.69) is 10.6 Å². The predicted molar refractivity (Wildman–Crippen MR) is 157 cm³/mol. The molecule has 0 aromatic heterocycles. The molecule has 6 nitrogen and oxygen atoms in total. The molecule has 0 fully saturated rings. The number of carbonyl (C=O) groups is 3. The van der Waals surface area contributed by atoms with Crippen LogP contribution in [0.25, 0.3) is 0 Å². The Morgan fingerprint density at radius 2 is 1.33 bits per heavy atom. The Morgan fingerprint density at radius 1 is 0.744 bits per heavy atom. The number of nitrogens with one attached hydrogen (secondary N) is 2. The Hall–Kier alpha value is -4.33. The third kappa shape index (κ3) is 5.74. The summed E-state index contributed by atoms with van der Waals surface area (Å²) in [6, 6.07) is 28.7. The molecule has 39 heavy (non-hydrogen) atoms. The van der Waals surface area contributed by atoms with Gasteiger partial charge in [-0.25, -0.2) is 4.90 Å². The summed E-state index contributed by atoms with van der Waals surface area (Å²) < 4.78 is 0. The maximum absolute atomic E-state index is 13.6. The minimum absolute atomic E-state index is 0.213. The number of hydrogen-bond acceptors (Lipinski definition) is 5. The van der Waals surface area contributed by atoms with E-state index in [0.717, 1.165) is 16.0 Å². The van der Waals surface area contributed by atoms with Crippen LogP contribution in [0.2, 0.25) is 5.02 Å². The molecule has 0 saturated heterocycles. The van der Waals surface area contributed by atoms with Crippen molar-refractivity contribution in [1.82, 2.24) is 0 Å². The summed E-state index contributed by atoms with van der Waals surface area (Å²) in [5.74, 6) is -1.14. The van der Waals surface area contributed by atoms with Gasteiger partial charge in [-0.2, -0.15) is 0 Å². The minimum Gasteiger partial charge on any atom is -0.350 e. The highest BCUT2D eigenvalue weighted by Crippen LogP contribution is 2.38. The van der Waals surface area contributed by atoms with E-state index >= 15 is 0 Å². The normalized spacial score (nSPS) is 13.2. The molecule has 4 aromatic carbocycles. The molecule has 1 aliphatic rings. The molecule has 8 heteroatoms. The second-order valence-corrected chi connectivity index (χ2v) is 10.5. The zero-order chi connectivity index (χ0) is 27.5. The maximum atomic E-state index is 13.6. The SMILES string of the molecule is Cc1ccc(NC2=C(Sc3ccc(NC(=O)c4ccccc4Cl)cc3)C(=O)N(c3ccc(C)cc3)C2=O)cc1. The molecule has 0 bridgehead atoms. The average Bonchev–Trinajstić information content (AvgIpc) is 3.15. The fourth-order valence-corrected chi connectivity index (χ4v) is 5.14. The van der Waals surface area contributed by atoms with Gasteiger partial charge in [0.15, 0.2) is 0 Å². The number of halogens is 1. The fraction of sp³-hybridized carbons (Fsp3) is 0.0645. The smallest absolute Gasteiger partial charge is 0.283 e. The van der Waals surface area contributed by atoms with Crippen molar-refractivity contribution in [2.75, 3.05) is 15.5 Å². The van der Waals surface area contributed by atoms with Gasteiger partial charge in [0.05, 0.1) is 16.3 Å². The van der Waals surface area contributed by atoms with Crippen molar-refractivity contribution < 1.29 is 14.4 Å². The number of nitrogens with zero attached hydrogens (tertiary/aromatic N) is 1. The first-order chi connectivity index (χ1) is 18.8. The molecule has 0 unspecified atom stereocenters. The Kier molecular flexibility index (Phi) is 7.54. The van der Waals surface area contributed by atoms with Crippen molar-refractivity contribution in [3.8, 4) is 0 Å². The molecule has 194 valence electrons. The molecule has 0 radical (unpaired) electrons. The van der Waals surface area contributed by atoms with Crippen LogP contribution < -0.4 is 15.5 Å². The lowest BCUT2D eigenvalue weighted by Gasteiger charge is -2.15. The number of aryl methyl sites for hydroxylation is 2. The lowest BCUT2D eigenvalue weighted by molar-refractivity contribution is -0.120. The number of thioether (sulfide) groups is 1. The quantitative estimate of drug-likeness (QED) is 0.237. The second-order valence-electron chi connectivity index (χ2n) is 9.04. The van der Waals surface area contributed by atoms with Crippen LogP contribution >= 0.6 is 23.4 Å². The fourth-order valence-electron chi connectivity index (χ4n) is 3.99. The lowest BCUT2D eigenvalue weighted by atomic mass is 10.2. The average molecular weight is 554 g/mol. The lowest BCUT2D eigenvalue weighted by Crippen LogP contribution is -2.32. The van der Waals surface area contributed by atoms with E-state index in [1.54, 1.807) is 60.7 Å². The van der Waals surface area contributed by atoms with E-state index in [1.165, 1.54) is 16.7 Å². The van der Waals surface area contributed by atoms with Crippen molar-refractivity contribution in [3.05, 3.63) is 129 Å². The zero-order valence-electron chi connectivity index (χ0n) is 21.2. The van der Waals surface area contributed by atoms with Gasteiger partial charge in [-0.1, -0.05) is 70.9 Å². The van der Waals surface area contributed by atoms with Crippen LogP contribution in [0.4, 0.5) is 17.1 Å². The summed E-state index contributed by atoms with van der Waals surface area (Å²) in [6.07, 6.45) is 0. The molecular formula is C31H24ClN3O3S. The Labute approximate surface area is 235 Å². The molecule has 0 saturated carbocycles. The molecule has 3 amide bonds. The van der Waals surface area contributed by atoms with E-state index in [4.69, 9.17) is 11.6 Å². The summed E-state index contributed by atoms with van der Waals surface area (Å²) in [6.45, 7) is 3.93. The molecule has 5 rings (SSSR count). The number of amides is 3. The summed E-state index contributed by atoms with van der Waals surface area (Å²) >= 11 is 7.33. The van der Waals surface area contributed by atoms with Crippen LogP contribution in [0.3, 0.4) is 0 Å². The predicted octanol–water partition coefficient (Wildman–Crippen LogP) is 7.20. The van der Waals surface area contributed by atoms with Crippen LogP contribution in [0.1, 0.15) is 21.5 Å². The molecular weight excluding hydrogens is 530 g/mol. The Morgan fingerprint density at radius 3 is 1.97 bits per heavy atom. The van der Waals surface area contributed by atoms with Crippen LogP contribution in [-0.4, -0.2) is 17.7 Å². The molecule has 0 atom stereocenters. The highest BCUT2D eigenvalue weighted by molar-refractivity contribution is 8.04. The van der Waals surface area contributed by atoms with Crippen molar-refractivity contribution >= 4 is 58.1 Å². The van der Waals surface area contributed by atoms with E-state index in [9.17, 15) is 14.4 Å². The van der Waals surface area contributed by atoms with Crippen molar-refractivity contribution in [2.45, 2.75) is 18.7 Å². The van der Waals surface area contributed by atoms with Gasteiger partial charge in [-0.3, -0.25) is 14.4 Å². The summed E-state index contributed by atoms with van der Waals surface area (Å²) in [4.78, 5) is 41.9. The van der Waals surface area contributed by atoms with E-state index in [1.807, 2.05) is 50.2 Å². The maximum Gasteiger partial charge on any atom is 0.283 e. The van der Waals surface area contributed by atoms with E-state index in [-0.39, 0.29) is 16.5 Å². The molecule has 2 N–H and O–H groups in total. The molecule has 1 heterocycles. The Balaban J connectivity index is 1.41. The van der Waals surface area contributed by atoms with Crippen molar-refractivity contribution in [1.29, 1.82) is 0 Å². The Bertz CT molecular complexity index is 1600. The van der Waals surface area contributed by atoms with Crippen molar-refractivity contribution in [3.63, 3.8) is 0 Å². The van der Waals surface area contributed by atoms with Crippen LogP contribution in [-0.2, 0) is 9.59 Å². The summed E-state index contributed by atoms with van der Waals surface area (Å²) in [5, 5.41) is 6.36. The number of carbonyl (C=O) groups excluding carboxylic acids is 3. The van der Waals surface area contributed by atoms with Gasteiger partial charge in [-0.15, -0.1) is 0 Å². The number of imide groups is 1. The van der Waals surface area contributed by atoms with Gasteiger partial charge in [-0.05, 0) is 74.5 Å². The summed E-state index contributed by atoms with van der Waals surface area (Å²) in [5.41, 5.74) is 4.49. The number of benzene rings is 4. The van der Waals surface area contributed by atoms with Gasteiger partial charge in [0.1, 0.15) is 10.6 Å². The number of rotatable bonds is 7. The van der Waals surface area contributed by atoms with Gasteiger partial charge >= 0.3 is 0 Å². The molecule has 1 aliphatic heterocycles. The van der Waals surface area contributed by atoms with Gasteiger partial charge in [0.25, 0.3) is 17.7 Å². The van der Waals surface area contributed by atoms with Crippen LogP contribution in [0, 0.1) is 13.8 Å². The number of hydrogen-bond donors (Lipinski definition) is 2. The largest absolute Gasteiger partial charge is 0.350 e. The van der Waals surface area contributed by atoms with E-state index in [0.29, 0.717) is 27.6 Å². The first kappa shape index (κ1) is 26.3. The van der Waals surface area contributed by atoms with E-state index < -0.39 is 11.8 Å². The van der Waals surface area contributed by atoms with Gasteiger partial charge in [0.2, 0.25) is 0 Å². The first-order valence-corrected chi connectivity index (χ1v) is 13.4. The molecule has 0 aliphatic carbocycles. The third-order valence-corrected chi connectivity index (χ3v) is 7.53. The van der Waals surface area contributed by atoms with Crippen LogP contribution in [0.15, 0.2) is 113 Å². The van der Waals surface area contributed by atoms with Crippen molar-refractivity contribution in [2.24, 2.45) is 0 Å². The minimum atomic E-state index is -0.421. The molecule has 0 spiro atoms. The van der Waals surface area contributed by atoms with Gasteiger partial charge < -0.3 is 10.6 Å². The highest BCUT2D eigenvalue weighted by Gasteiger charge is 2.40. The topological polar surface area (TPSA) is 78.5 Å². The number of anilines is 3. The standard InChI is InChI=1S/C31H24ClN3O3S/c1-19-7-11-21(12-8-19)33-27-28(31(38)35(30(27)37)23-15-9-20(2)10-16-23)39-24-17-13-22(14-18-24)34-29(36)25-5-3-4-6-26(25)32/h3-18,33H,1-2H3,(H,34,36). The molecule has 4 aromatic rings.